The number of Topliss-reactive ketones (excluding diaryl/α,β-unsaturated/α-hetero) is 1. The molecule has 0 aliphatic heterocycles. The highest BCUT2D eigenvalue weighted by Gasteiger charge is 2.23. The molecular weight excluding hydrogens is 222 g/mol. The van der Waals surface area contributed by atoms with E-state index in [-0.39, 0.29) is 5.78 Å². The van der Waals surface area contributed by atoms with Crippen molar-refractivity contribution in [3.05, 3.63) is 46.5 Å². The fourth-order valence-corrected chi connectivity index (χ4v) is 2.78. The highest BCUT2D eigenvalue weighted by Crippen LogP contribution is 2.38. The maximum absolute atomic E-state index is 11.7. The largest absolute Gasteiger partial charge is 0.388 e. The highest BCUT2D eigenvalue weighted by atomic mass is 16.1. The number of hydrogen-bond acceptors (Lipinski definition) is 2. The third-order valence-corrected chi connectivity index (χ3v) is 3.54. The zero-order chi connectivity index (χ0) is 13.4. The highest BCUT2D eigenvalue weighted by molar-refractivity contribution is 6.06. The zero-order valence-corrected chi connectivity index (χ0v) is 11.5. The lowest BCUT2D eigenvalue weighted by Crippen LogP contribution is -2.13. The topological polar surface area (TPSA) is 29.1 Å². The number of aryl methyl sites for hydroxylation is 1. The summed E-state index contributed by atoms with van der Waals surface area (Å²) in [6.07, 6.45) is 0.748. The third-order valence-electron chi connectivity index (χ3n) is 3.54. The van der Waals surface area contributed by atoms with Crippen LogP contribution in [0, 0.1) is 6.92 Å². The number of rotatable bonds is 2. The first kappa shape index (κ1) is 12.6. The maximum Gasteiger partial charge on any atom is 0.160 e. The Balaban J connectivity index is 2.75. The maximum atomic E-state index is 11.7. The van der Waals surface area contributed by atoms with Crippen LogP contribution in [0.15, 0.2) is 29.9 Å². The summed E-state index contributed by atoms with van der Waals surface area (Å²) in [4.78, 5) is 11.7. The lowest BCUT2D eigenvalue weighted by atomic mass is 9.80. The molecule has 1 aromatic rings. The zero-order valence-electron chi connectivity index (χ0n) is 11.5. The van der Waals surface area contributed by atoms with Gasteiger partial charge in [-0.05, 0) is 54.7 Å². The van der Waals surface area contributed by atoms with E-state index in [0.29, 0.717) is 0 Å². The Morgan fingerprint density at radius 1 is 1.33 bits per heavy atom. The van der Waals surface area contributed by atoms with Gasteiger partial charge >= 0.3 is 0 Å². The molecule has 94 valence electrons. The number of anilines is 1. The van der Waals surface area contributed by atoms with Crippen LogP contribution in [-0.2, 0) is 11.2 Å². The van der Waals surface area contributed by atoms with Gasteiger partial charge in [0, 0.05) is 24.7 Å². The van der Waals surface area contributed by atoms with Gasteiger partial charge in [-0.1, -0.05) is 12.6 Å². The fourth-order valence-electron chi connectivity index (χ4n) is 2.78. The van der Waals surface area contributed by atoms with Gasteiger partial charge < -0.3 is 5.32 Å². The summed E-state index contributed by atoms with van der Waals surface area (Å²) in [5, 5.41) is 3.23. The molecule has 1 N–H and O–H groups in total. The van der Waals surface area contributed by atoms with Gasteiger partial charge in [-0.3, -0.25) is 4.79 Å². The Hall–Kier alpha value is -1.83. The molecular formula is C16H19NO. The second-order valence-electron chi connectivity index (χ2n) is 4.93. The first-order valence-corrected chi connectivity index (χ1v) is 6.17. The van der Waals surface area contributed by atoms with Gasteiger partial charge in [0.05, 0.1) is 0 Å². The van der Waals surface area contributed by atoms with Crippen LogP contribution in [0.3, 0.4) is 0 Å². The summed E-state index contributed by atoms with van der Waals surface area (Å²) in [5.41, 5.74) is 7.53. The second-order valence-corrected chi connectivity index (χ2v) is 4.93. The molecule has 0 heterocycles. The van der Waals surface area contributed by atoms with Crippen molar-refractivity contribution in [3.63, 3.8) is 0 Å². The quantitative estimate of drug-likeness (QED) is 0.858. The lowest BCUT2D eigenvalue weighted by molar-refractivity contribution is -0.113. The molecule has 0 fully saturated rings. The minimum atomic E-state index is 0.107. The minimum absolute atomic E-state index is 0.107. The van der Waals surface area contributed by atoms with Gasteiger partial charge in [0.1, 0.15) is 0 Å². The number of allylic oxidation sites excluding steroid dienone is 3. The number of fused-ring (bicyclic) bond motifs is 1. The van der Waals surface area contributed by atoms with Crippen molar-refractivity contribution < 1.29 is 4.79 Å². The van der Waals surface area contributed by atoms with Crippen molar-refractivity contribution in [2.45, 2.75) is 27.2 Å². The molecule has 2 nitrogen and oxygen atoms in total. The molecule has 2 heteroatoms. The van der Waals surface area contributed by atoms with Crippen molar-refractivity contribution >= 4 is 17.0 Å². The van der Waals surface area contributed by atoms with Crippen LogP contribution in [0.25, 0.3) is 5.57 Å². The summed E-state index contributed by atoms with van der Waals surface area (Å²) >= 11 is 0. The molecule has 0 radical (unpaired) electrons. The van der Waals surface area contributed by atoms with Crippen LogP contribution in [0.5, 0.6) is 0 Å². The Bertz CT molecular complexity index is 579. The average molecular weight is 241 g/mol. The van der Waals surface area contributed by atoms with Gasteiger partial charge in [-0.15, -0.1) is 0 Å². The van der Waals surface area contributed by atoms with Crippen molar-refractivity contribution in [1.29, 1.82) is 0 Å². The van der Waals surface area contributed by atoms with Crippen molar-refractivity contribution in [3.8, 4) is 0 Å². The molecule has 0 spiro atoms. The number of benzene rings is 1. The summed E-state index contributed by atoms with van der Waals surface area (Å²) in [6.45, 7) is 9.76. The van der Waals surface area contributed by atoms with Crippen molar-refractivity contribution in [2.75, 3.05) is 12.4 Å². The molecule has 2 rings (SSSR count). The number of ketones is 1. The van der Waals surface area contributed by atoms with Crippen LogP contribution in [0.1, 0.15) is 30.5 Å². The second kappa shape index (κ2) is 4.45. The Morgan fingerprint density at radius 3 is 2.56 bits per heavy atom. The monoisotopic (exact) mass is 241 g/mol. The van der Waals surface area contributed by atoms with Gasteiger partial charge in [0.25, 0.3) is 0 Å². The van der Waals surface area contributed by atoms with E-state index in [1.165, 1.54) is 16.7 Å². The fraction of sp³-hybridized carbons (Fsp3) is 0.312. The molecule has 0 aromatic heterocycles. The van der Waals surface area contributed by atoms with Gasteiger partial charge in [-0.25, -0.2) is 0 Å². The molecule has 0 unspecified atom stereocenters. The van der Waals surface area contributed by atoms with E-state index in [4.69, 9.17) is 0 Å². The molecule has 0 amide bonds. The lowest BCUT2D eigenvalue weighted by Gasteiger charge is -2.25. The minimum Gasteiger partial charge on any atom is -0.388 e. The SMILES string of the molecule is C=C1Cc2c(NC)cc(C)cc2C(C)=C1C(C)=O. The first-order chi connectivity index (χ1) is 8.45. The van der Waals surface area contributed by atoms with Gasteiger partial charge in [0.15, 0.2) is 5.78 Å². The van der Waals surface area contributed by atoms with E-state index in [2.05, 4.69) is 31.0 Å². The summed E-state index contributed by atoms with van der Waals surface area (Å²) in [7, 11) is 1.93. The standard InChI is InChI=1S/C16H19NO/c1-9-6-13-11(3)16(12(4)18)10(2)8-14(13)15(7-9)17-5/h6-7,17H,2,8H2,1,3-5H3. The Labute approximate surface area is 108 Å². The molecule has 0 saturated carbocycles. The molecule has 0 saturated heterocycles. The summed E-state index contributed by atoms with van der Waals surface area (Å²) in [6, 6.07) is 4.29. The molecule has 0 atom stereocenters. The van der Waals surface area contributed by atoms with E-state index >= 15 is 0 Å². The predicted octanol–water partition coefficient (Wildman–Crippen LogP) is 3.51. The first-order valence-electron chi connectivity index (χ1n) is 6.17. The van der Waals surface area contributed by atoms with E-state index in [9.17, 15) is 4.79 Å². The van der Waals surface area contributed by atoms with Gasteiger partial charge in [-0.2, -0.15) is 0 Å². The number of nitrogens with one attached hydrogen (secondary N) is 1. The van der Waals surface area contributed by atoms with Crippen molar-refractivity contribution in [1.82, 2.24) is 0 Å². The Morgan fingerprint density at radius 2 is 2.00 bits per heavy atom. The molecule has 1 aliphatic carbocycles. The van der Waals surface area contributed by atoms with Crippen LogP contribution in [0.2, 0.25) is 0 Å². The third kappa shape index (κ3) is 1.88. The number of carbonyl (C=O) groups excluding carboxylic acids is 1. The molecule has 1 aromatic carbocycles. The van der Waals surface area contributed by atoms with Crippen LogP contribution in [0.4, 0.5) is 5.69 Å². The van der Waals surface area contributed by atoms with Crippen LogP contribution < -0.4 is 5.32 Å². The van der Waals surface area contributed by atoms with E-state index in [1.54, 1.807) is 6.92 Å². The Kier molecular flexibility index (Phi) is 3.12. The van der Waals surface area contributed by atoms with E-state index in [1.807, 2.05) is 14.0 Å². The van der Waals surface area contributed by atoms with E-state index in [0.717, 1.165) is 28.8 Å². The average Bonchev–Trinajstić information content (AvgIpc) is 2.29. The smallest absolute Gasteiger partial charge is 0.160 e. The van der Waals surface area contributed by atoms with Gasteiger partial charge in [0.2, 0.25) is 0 Å². The summed E-state index contributed by atoms with van der Waals surface area (Å²) < 4.78 is 0. The van der Waals surface area contributed by atoms with Crippen LogP contribution in [-0.4, -0.2) is 12.8 Å². The molecule has 18 heavy (non-hydrogen) atoms. The number of carbonyl (C=O) groups is 1. The van der Waals surface area contributed by atoms with Crippen molar-refractivity contribution in [2.24, 2.45) is 0 Å². The summed E-state index contributed by atoms with van der Waals surface area (Å²) in [5.74, 6) is 0.107. The number of hydrogen-bond donors (Lipinski definition) is 1. The normalized spacial score (nSPS) is 14.6. The van der Waals surface area contributed by atoms with E-state index < -0.39 is 0 Å². The molecule has 1 aliphatic rings. The van der Waals surface area contributed by atoms with Crippen LogP contribution >= 0.6 is 0 Å². The molecule has 0 bridgehead atoms. The predicted molar refractivity (Wildman–Crippen MR) is 76.8 cm³/mol.